The van der Waals surface area contributed by atoms with E-state index in [1.807, 2.05) is 6.07 Å². The lowest BCUT2D eigenvalue weighted by atomic mass is 10.0. The van der Waals surface area contributed by atoms with Crippen LogP contribution >= 0.6 is 15.9 Å². The predicted molar refractivity (Wildman–Crippen MR) is 89.2 cm³/mol. The first kappa shape index (κ1) is 16.6. The minimum atomic E-state index is 0.655. The number of ether oxygens (including phenoxy) is 2. The van der Waals surface area contributed by atoms with E-state index in [1.54, 1.807) is 14.2 Å². The number of likely N-dealkylation sites (tertiary alicyclic amines) is 1. The van der Waals surface area contributed by atoms with Crippen molar-refractivity contribution < 1.29 is 9.47 Å². The Hall–Kier alpha value is -0.780. The summed E-state index contributed by atoms with van der Waals surface area (Å²) in [5.41, 5.74) is 1.19. The Morgan fingerprint density at radius 1 is 1.29 bits per heavy atom. The lowest BCUT2D eigenvalue weighted by molar-refractivity contribution is 0.181. The summed E-state index contributed by atoms with van der Waals surface area (Å²) in [6.45, 7) is 3.08. The first-order chi connectivity index (χ1) is 10.2. The molecule has 1 heterocycles. The molecular formula is C16H25BrN2O2. The van der Waals surface area contributed by atoms with E-state index < -0.39 is 0 Å². The van der Waals surface area contributed by atoms with Gasteiger partial charge in [-0.1, -0.05) is 6.42 Å². The molecule has 0 aliphatic carbocycles. The average Bonchev–Trinajstić information content (AvgIpc) is 2.48. The molecule has 118 valence electrons. The number of rotatable bonds is 6. The second kappa shape index (κ2) is 8.01. The van der Waals surface area contributed by atoms with Gasteiger partial charge in [-0.3, -0.25) is 0 Å². The lowest BCUT2D eigenvalue weighted by Crippen LogP contribution is -2.42. The number of likely N-dealkylation sites (N-methyl/N-ethyl adjacent to an activating group) is 1. The minimum Gasteiger partial charge on any atom is -0.493 e. The molecule has 1 aliphatic heterocycles. The van der Waals surface area contributed by atoms with Crippen molar-refractivity contribution in [3.8, 4) is 11.5 Å². The molecule has 0 spiro atoms. The van der Waals surface area contributed by atoms with E-state index >= 15 is 0 Å². The molecule has 0 saturated carbocycles. The van der Waals surface area contributed by atoms with Gasteiger partial charge in [0.2, 0.25) is 0 Å². The molecule has 0 aromatic heterocycles. The smallest absolute Gasteiger partial charge is 0.174 e. The average molecular weight is 357 g/mol. The van der Waals surface area contributed by atoms with Gasteiger partial charge in [0.25, 0.3) is 0 Å². The Morgan fingerprint density at radius 3 is 2.76 bits per heavy atom. The molecule has 5 heteroatoms. The molecule has 1 N–H and O–H groups in total. The molecule has 1 aromatic rings. The molecule has 1 saturated heterocycles. The second-order valence-corrected chi connectivity index (χ2v) is 6.43. The van der Waals surface area contributed by atoms with E-state index in [0.717, 1.165) is 29.1 Å². The van der Waals surface area contributed by atoms with E-state index in [1.165, 1.54) is 31.4 Å². The maximum absolute atomic E-state index is 5.38. The Bertz CT molecular complexity index is 468. The second-order valence-electron chi connectivity index (χ2n) is 5.57. The molecule has 1 atom stereocenters. The fourth-order valence-corrected chi connectivity index (χ4v) is 3.51. The summed E-state index contributed by atoms with van der Waals surface area (Å²) in [7, 11) is 5.54. The maximum Gasteiger partial charge on any atom is 0.174 e. The predicted octanol–water partition coefficient (Wildman–Crippen LogP) is 3.04. The zero-order valence-electron chi connectivity index (χ0n) is 13.1. The summed E-state index contributed by atoms with van der Waals surface area (Å²) >= 11 is 3.54. The third kappa shape index (κ3) is 4.34. The number of nitrogens with zero attached hydrogens (tertiary/aromatic N) is 1. The molecule has 0 amide bonds. The molecule has 1 aromatic carbocycles. The topological polar surface area (TPSA) is 33.7 Å². The summed E-state index contributed by atoms with van der Waals surface area (Å²) in [6, 6.07) is 4.77. The van der Waals surface area contributed by atoms with Gasteiger partial charge in [0.15, 0.2) is 11.5 Å². The van der Waals surface area contributed by atoms with Gasteiger partial charge in [-0.25, -0.2) is 0 Å². The van der Waals surface area contributed by atoms with Crippen LogP contribution in [0.15, 0.2) is 16.6 Å². The van der Waals surface area contributed by atoms with Crippen molar-refractivity contribution in [2.24, 2.45) is 0 Å². The van der Waals surface area contributed by atoms with Gasteiger partial charge in [-0.05, 0) is 60.1 Å². The maximum atomic E-state index is 5.38. The van der Waals surface area contributed by atoms with Crippen LogP contribution in [0.5, 0.6) is 11.5 Å². The highest BCUT2D eigenvalue weighted by Gasteiger charge is 2.18. The van der Waals surface area contributed by atoms with Crippen molar-refractivity contribution in [2.75, 3.05) is 34.4 Å². The molecular weight excluding hydrogens is 332 g/mol. The van der Waals surface area contributed by atoms with Crippen molar-refractivity contribution in [1.29, 1.82) is 0 Å². The van der Waals surface area contributed by atoms with E-state index in [-0.39, 0.29) is 0 Å². The quantitative estimate of drug-likeness (QED) is 0.849. The Balaban J connectivity index is 1.92. The SMILES string of the molecule is COc1cc(CNCC2CCCCN2C)cc(Br)c1OC. The monoisotopic (exact) mass is 356 g/mol. The lowest BCUT2D eigenvalue weighted by Gasteiger charge is -2.32. The molecule has 1 fully saturated rings. The van der Waals surface area contributed by atoms with Crippen molar-refractivity contribution in [3.63, 3.8) is 0 Å². The van der Waals surface area contributed by atoms with Gasteiger partial charge in [0, 0.05) is 19.1 Å². The zero-order chi connectivity index (χ0) is 15.2. The third-order valence-electron chi connectivity index (χ3n) is 4.12. The van der Waals surface area contributed by atoms with Gasteiger partial charge in [-0.2, -0.15) is 0 Å². The number of benzene rings is 1. The molecule has 1 aliphatic rings. The Morgan fingerprint density at radius 2 is 2.10 bits per heavy atom. The number of methoxy groups -OCH3 is 2. The Kier molecular flexibility index (Phi) is 6.33. The van der Waals surface area contributed by atoms with Crippen molar-refractivity contribution >= 4 is 15.9 Å². The highest BCUT2D eigenvalue weighted by Crippen LogP contribution is 2.36. The van der Waals surface area contributed by atoms with E-state index in [0.29, 0.717) is 6.04 Å². The number of hydrogen-bond donors (Lipinski definition) is 1. The summed E-state index contributed by atoms with van der Waals surface area (Å²) < 4.78 is 11.6. The summed E-state index contributed by atoms with van der Waals surface area (Å²) in [5, 5.41) is 3.56. The number of piperidine rings is 1. The standard InChI is InChI=1S/C16H25BrN2O2/c1-19-7-5-4-6-13(19)11-18-10-12-8-14(17)16(21-3)15(9-12)20-2/h8-9,13,18H,4-7,10-11H2,1-3H3. The highest BCUT2D eigenvalue weighted by molar-refractivity contribution is 9.10. The van der Waals surface area contributed by atoms with Crippen LogP contribution in [-0.2, 0) is 6.54 Å². The zero-order valence-corrected chi connectivity index (χ0v) is 14.7. The third-order valence-corrected chi connectivity index (χ3v) is 4.71. The van der Waals surface area contributed by atoms with Gasteiger partial charge in [-0.15, -0.1) is 0 Å². The van der Waals surface area contributed by atoms with E-state index in [4.69, 9.17) is 9.47 Å². The Labute approximate surface area is 135 Å². The fraction of sp³-hybridized carbons (Fsp3) is 0.625. The molecule has 21 heavy (non-hydrogen) atoms. The molecule has 2 rings (SSSR count). The minimum absolute atomic E-state index is 0.655. The number of hydrogen-bond acceptors (Lipinski definition) is 4. The van der Waals surface area contributed by atoms with E-state index in [2.05, 4.69) is 39.3 Å². The highest BCUT2D eigenvalue weighted by atomic mass is 79.9. The van der Waals surface area contributed by atoms with Crippen LogP contribution in [0.2, 0.25) is 0 Å². The van der Waals surface area contributed by atoms with Crippen LogP contribution in [0.3, 0.4) is 0 Å². The number of halogens is 1. The molecule has 4 nitrogen and oxygen atoms in total. The largest absolute Gasteiger partial charge is 0.493 e. The van der Waals surface area contributed by atoms with Crippen LogP contribution in [0.25, 0.3) is 0 Å². The van der Waals surface area contributed by atoms with Crippen LogP contribution in [0.4, 0.5) is 0 Å². The van der Waals surface area contributed by atoms with Gasteiger partial charge >= 0.3 is 0 Å². The van der Waals surface area contributed by atoms with Crippen LogP contribution in [0, 0.1) is 0 Å². The summed E-state index contributed by atoms with van der Waals surface area (Å²) in [4.78, 5) is 2.46. The molecule has 0 bridgehead atoms. The molecule has 0 radical (unpaired) electrons. The van der Waals surface area contributed by atoms with Crippen LogP contribution in [-0.4, -0.2) is 45.3 Å². The first-order valence-corrected chi connectivity index (χ1v) is 8.26. The summed E-state index contributed by atoms with van der Waals surface area (Å²) in [5.74, 6) is 1.51. The van der Waals surface area contributed by atoms with Crippen molar-refractivity contribution in [1.82, 2.24) is 10.2 Å². The van der Waals surface area contributed by atoms with Crippen LogP contribution in [0.1, 0.15) is 24.8 Å². The number of nitrogens with one attached hydrogen (secondary N) is 1. The normalized spacial score (nSPS) is 19.5. The van der Waals surface area contributed by atoms with Gasteiger partial charge in [0.05, 0.1) is 18.7 Å². The van der Waals surface area contributed by atoms with E-state index in [9.17, 15) is 0 Å². The van der Waals surface area contributed by atoms with Crippen molar-refractivity contribution in [3.05, 3.63) is 22.2 Å². The van der Waals surface area contributed by atoms with Crippen LogP contribution < -0.4 is 14.8 Å². The fourth-order valence-electron chi connectivity index (χ4n) is 2.86. The summed E-state index contributed by atoms with van der Waals surface area (Å²) in [6.07, 6.45) is 3.97. The first-order valence-electron chi connectivity index (χ1n) is 7.47. The van der Waals surface area contributed by atoms with Crippen molar-refractivity contribution in [2.45, 2.75) is 31.8 Å². The van der Waals surface area contributed by atoms with Gasteiger partial charge < -0.3 is 19.7 Å². The molecule has 1 unspecified atom stereocenters. The van der Waals surface area contributed by atoms with Gasteiger partial charge in [0.1, 0.15) is 0 Å².